The molecule has 2 N–H and O–H groups in total. The number of amides is 1. The van der Waals surface area contributed by atoms with Crippen molar-refractivity contribution >= 4 is 38.9 Å². The first kappa shape index (κ1) is 19.7. The van der Waals surface area contributed by atoms with E-state index < -0.39 is 28.0 Å². The van der Waals surface area contributed by atoms with Gasteiger partial charge in [0.1, 0.15) is 9.77 Å². The first-order chi connectivity index (χ1) is 13.8. The fourth-order valence-electron chi connectivity index (χ4n) is 2.63. The monoisotopic (exact) mass is 438 g/mol. The van der Waals surface area contributed by atoms with E-state index >= 15 is 0 Å². The molecular weight excluding hydrogens is 420 g/mol. The summed E-state index contributed by atoms with van der Waals surface area (Å²) in [7, 11) is -3.81. The maximum absolute atomic E-state index is 12.5. The third-order valence-electron chi connectivity index (χ3n) is 4.30. The van der Waals surface area contributed by atoms with Crippen LogP contribution in [0.2, 0.25) is 0 Å². The van der Waals surface area contributed by atoms with Gasteiger partial charge in [-0.2, -0.15) is 0 Å². The molecule has 29 heavy (non-hydrogen) atoms. The number of fused-ring (bicyclic) bond motifs is 1. The van der Waals surface area contributed by atoms with Crippen LogP contribution in [0.25, 0.3) is 0 Å². The topological polar surface area (TPSA) is 120 Å². The van der Waals surface area contributed by atoms with E-state index in [4.69, 9.17) is 14.2 Å². The zero-order valence-electron chi connectivity index (χ0n) is 15.3. The number of rotatable bonds is 7. The van der Waals surface area contributed by atoms with Gasteiger partial charge < -0.3 is 19.5 Å². The van der Waals surface area contributed by atoms with Crippen LogP contribution in [-0.2, 0) is 19.6 Å². The van der Waals surface area contributed by atoms with E-state index in [-0.39, 0.29) is 22.6 Å². The van der Waals surface area contributed by atoms with E-state index in [9.17, 15) is 18.0 Å². The number of hydrogen-bond acceptors (Lipinski definition) is 8. The Labute approximate surface area is 171 Å². The Bertz CT molecular complexity index is 1060. The summed E-state index contributed by atoms with van der Waals surface area (Å²) >= 11 is 0.947. The number of carbonyl (C=O) groups is 2. The zero-order valence-corrected chi connectivity index (χ0v) is 17.0. The van der Waals surface area contributed by atoms with Crippen LogP contribution in [0.5, 0.6) is 11.5 Å². The van der Waals surface area contributed by atoms with Crippen LogP contribution in [0.3, 0.4) is 0 Å². The highest BCUT2D eigenvalue weighted by molar-refractivity contribution is 7.89. The van der Waals surface area contributed by atoms with E-state index in [0.29, 0.717) is 17.2 Å². The summed E-state index contributed by atoms with van der Waals surface area (Å²) in [6, 6.07) is 6.15. The Hall–Kier alpha value is -2.63. The van der Waals surface area contributed by atoms with Crippen LogP contribution >= 0.6 is 11.3 Å². The highest BCUT2D eigenvalue weighted by Gasteiger charge is 2.32. The second kappa shape index (κ2) is 7.65. The van der Waals surface area contributed by atoms with E-state index in [1.807, 2.05) is 0 Å². The average molecular weight is 438 g/mol. The van der Waals surface area contributed by atoms with Gasteiger partial charge in [0.15, 0.2) is 17.6 Å². The number of hydrogen-bond donors (Lipinski definition) is 2. The van der Waals surface area contributed by atoms with E-state index in [1.165, 1.54) is 18.4 Å². The summed E-state index contributed by atoms with van der Waals surface area (Å²) in [6.07, 6.45) is 0.419. The summed E-state index contributed by atoms with van der Waals surface area (Å²) < 4.78 is 43.0. The third kappa shape index (κ3) is 4.36. The fraction of sp³-hybridized carbons (Fsp3) is 0.333. The molecule has 11 heteroatoms. The number of esters is 1. The Balaban J connectivity index is 1.41. The lowest BCUT2D eigenvalue weighted by atomic mass is 10.2. The quantitative estimate of drug-likeness (QED) is 0.635. The molecule has 2 aromatic rings. The molecule has 1 amide bonds. The minimum Gasteiger partial charge on any atom is -0.454 e. The van der Waals surface area contributed by atoms with Crippen molar-refractivity contribution in [3.63, 3.8) is 0 Å². The Morgan fingerprint density at radius 2 is 1.97 bits per heavy atom. The third-order valence-corrected chi connectivity index (χ3v) is 6.88. The van der Waals surface area contributed by atoms with Crippen LogP contribution < -0.4 is 19.5 Å². The molecule has 154 valence electrons. The molecule has 0 bridgehead atoms. The summed E-state index contributed by atoms with van der Waals surface area (Å²) in [5, 5.41) is 4.12. The van der Waals surface area contributed by atoms with Crippen molar-refractivity contribution < 1.29 is 32.2 Å². The smallest absolute Gasteiger partial charge is 0.350 e. The molecule has 9 nitrogen and oxygen atoms in total. The molecule has 4 rings (SSSR count). The SMILES string of the molecule is CC(OC(=O)c1sccc1S(=O)(=O)NC1CC1)C(=O)Nc1ccc2c(c1)OCO2. The van der Waals surface area contributed by atoms with Gasteiger partial charge in [0, 0.05) is 17.8 Å². The largest absolute Gasteiger partial charge is 0.454 e. The van der Waals surface area contributed by atoms with Crippen molar-refractivity contribution in [1.82, 2.24) is 4.72 Å². The van der Waals surface area contributed by atoms with E-state index in [2.05, 4.69) is 10.0 Å². The lowest BCUT2D eigenvalue weighted by Gasteiger charge is -2.14. The van der Waals surface area contributed by atoms with Crippen LogP contribution in [0.1, 0.15) is 29.4 Å². The van der Waals surface area contributed by atoms with Crippen molar-refractivity contribution in [3.8, 4) is 11.5 Å². The number of nitrogens with one attached hydrogen (secondary N) is 2. The summed E-state index contributed by atoms with van der Waals surface area (Å²) in [5.41, 5.74) is 0.454. The Morgan fingerprint density at radius 1 is 1.21 bits per heavy atom. The number of thiophene rings is 1. The minimum absolute atomic E-state index is 0.0686. The highest BCUT2D eigenvalue weighted by Crippen LogP contribution is 2.34. The van der Waals surface area contributed by atoms with Crippen molar-refractivity contribution in [2.45, 2.75) is 36.8 Å². The van der Waals surface area contributed by atoms with Gasteiger partial charge >= 0.3 is 5.97 Å². The van der Waals surface area contributed by atoms with Gasteiger partial charge in [0.25, 0.3) is 5.91 Å². The fourth-order valence-corrected chi connectivity index (χ4v) is 5.23. The molecule has 0 radical (unpaired) electrons. The molecule has 2 heterocycles. The molecule has 2 aliphatic rings. The molecular formula is C18H18N2O7S2. The summed E-state index contributed by atoms with van der Waals surface area (Å²) in [4.78, 5) is 24.6. The molecule has 1 saturated carbocycles. The van der Waals surface area contributed by atoms with E-state index in [0.717, 1.165) is 24.2 Å². The first-order valence-electron chi connectivity index (χ1n) is 8.85. The van der Waals surface area contributed by atoms with E-state index in [1.54, 1.807) is 18.2 Å². The zero-order chi connectivity index (χ0) is 20.6. The van der Waals surface area contributed by atoms with Gasteiger partial charge in [-0.05, 0) is 43.3 Å². The number of sulfonamides is 1. The second-order valence-corrected chi connectivity index (χ2v) is 9.21. The van der Waals surface area contributed by atoms with Crippen LogP contribution in [0.15, 0.2) is 34.5 Å². The van der Waals surface area contributed by atoms with Gasteiger partial charge in [-0.25, -0.2) is 17.9 Å². The molecule has 1 fully saturated rings. The molecule has 1 unspecified atom stereocenters. The van der Waals surface area contributed by atoms with Gasteiger partial charge in [-0.15, -0.1) is 11.3 Å². The van der Waals surface area contributed by atoms with Crippen molar-refractivity contribution in [2.75, 3.05) is 12.1 Å². The minimum atomic E-state index is -3.81. The Morgan fingerprint density at radius 3 is 2.72 bits per heavy atom. The van der Waals surface area contributed by atoms with Crippen molar-refractivity contribution in [3.05, 3.63) is 34.5 Å². The number of benzene rings is 1. The van der Waals surface area contributed by atoms with Gasteiger partial charge in [0.05, 0.1) is 0 Å². The summed E-state index contributed by atoms with van der Waals surface area (Å²) in [6.45, 7) is 1.52. The standard InChI is InChI=1S/C18H18N2O7S2/c1-10(17(21)19-12-4-5-13-14(8-12)26-9-25-13)27-18(22)16-15(6-7-28-16)29(23,24)20-11-2-3-11/h4-8,10-11,20H,2-3,9H2,1H3,(H,19,21). The van der Waals surface area contributed by atoms with Gasteiger partial charge in [-0.1, -0.05) is 0 Å². The molecule has 1 aromatic heterocycles. The number of anilines is 1. The number of carbonyl (C=O) groups excluding carboxylic acids is 2. The Kier molecular flexibility index (Phi) is 5.19. The summed E-state index contributed by atoms with van der Waals surface area (Å²) in [5.74, 6) is -0.350. The predicted octanol–water partition coefficient (Wildman–Crippen LogP) is 2.10. The van der Waals surface area contributed by atoms with Gasteiger partial charge in [0.2, 0.25) is 16.8 Å². The highest BCUT2D eigenvalue weighted by atomic mass is 32.2. The lowest BCUT2D eigenvalue weighted by Crippen LogP contribution is -2.31. The maximum atomic E-state index is 12.5. The van der Waals surface area contributed by atoms with Crippen LogP contribution in [0, 0.1) is 0 Å². The van der Waals surface area contributed by atoms with Gasteiger partial charge in [-0.3, -0.25) is 4.79 Å². The number of ether oxygens (including phenoxy) is 3. The maximum Gasteiger partial charge on any atom is 0.350 e. The van der Waals surface area contributed by atoms with Crippen LogP contribution in [0.4, 0.5) is 5.69 Å². The molecule has 1 aromatic carbocycles. The normalized spacial score (nSPS) is 16.3. The van der Waals surface area contributed by atoms with Crippen molar-refractivity contribution in [2.24, 2.45) is 0 Å². The molecule has 0 saturated heterocycles. The first-order valence-corrected chi connectivity index (χ1v) is 11.2. The molecule has 1 aliphatic carbocycles. The lowest BCUT2D eigenvalue weighted by molar-refractivity contribution is -0.123. The molecule has 1 atom stereocenters. The second-order valence-electron chi connectivity index (χ2n) is 6.61. The van der Waals surface area contributed by atoms with Crippen LogP contribution in [-0.4, -0.2) is 39.2 Å². The van der Waals surface area contributed by atoms with Crippen molar-refractivity contribution in [1.29, 1.82) is 0 Å². The molecule has 1 aliphatic heterocycles. The predicted molar refractivity (Wildman–Crippen MR) is 104 cm³/mol. The molecule has 0 spiro atoms. The average Bonchev–Trinajstić information content (AvgIpc) is 3.16.